The van der Waals surface area contributed by atoms with Crippen molar-refractivity contribution in [3.63, 3.8) is 0 Å². The summed E-state index contributed by atoms with van der Waals surface area (Å²) >= 11 is 3.01. The molecule has 3 aromatic heterocycles. The first-order chi connectivity index (χ1) is 16.5. The van der Waals surface area contributed by atoms with E-state index in [1.54, 1.807) is 29.8 Å². The SMILES string of the molecule is Cc1c(C#N)c(NC(=O)CSc2nncn2CCc2cccs2)n(Cc2ccc(F)cc2)c1C. The lowest BCUT2D eigenvalue weighted by molar-refractivity contribution is -0.113. The molecule has 0 radical (unpaired) electrons. The average molecular weight is 495 g/mol. The van der Waals surface area contributed by atoms with E-state index in [0.29, 0.717) is 23.1 Å². The highest BCUT2D eigenvalue weighted by Gasteiger charge is 2.20. The molecule has 3 heterocycles. The fourth-order valence-corrected chi connectivity index (χ4v) is 5.03. The molecule has 0 atom stereocenters. The van der Waals surface area contributed by atoms with Crippen molar-refractivity contribution in [2.75, 3.05) is 11.1 Å². The first-order valence-electron chi connectivity index (χ1n) is 10.6. The highest BCUT2D eigenvalue weighted by Crippen LogP contribution is 2.28. The minimum absolute atomic E-state index is 0.127. The van der Waals surface area contributed by atoms with Crippen molar-refractivity contribution in [3.05, 3.63) is 81.2 Å². The van der Waals surface area contributed by atoms with Gasteiger partial charge >= 0.3 is 0 Å². The van der Waals surface area contributed by atoms with E-state index < -0.39 is 0 Å². The van der Waals surface area contributed by atoms with Crippen molar-refractivity contribution in [3.8, 4) is 6.07 Å². The molecule has 0 bridgehead atoms. The van der Waals surface area contributed by atoms with E-state index >= 15 is 0 Å². The summed E-state index contributed by atoms with van der Waals surface area (Å²) < 4.78 is 17.1. The number of carbonyl (C=O) groups excluding carboxylic acids is 1. The second kappa shape index (κ2) is 10.7. The van der Waals surface area contributed by atoms with Gasteiger partial charge in [0.1, 0.15) is 24.0 Å². The van der Waals surface area contributed by atoms with Gasteiger partial charge in [-0.05, 0) is 55.0 Å². The van der Waals surface area contributed by atoms with Crippen LogP contribution in [0.1, 0.15) is 27.3 Å². The predicted octanol–water partition coefficient (Wildman–Crippen LogP) is 4.79. The molecular formula is C24H23FN6OS2. The monoisotopic (exact) mass is 494 g/mol. The Morgan fingerprint density at radius 3 is 2.76 bits per heavy atom. The summed E-state index contributed by atoms with van der Waals surface area (Å²) in [5, 5.41) is 23.5. The van der Waals surface area contributed by atoms with Crippen LogP contribution in [0.15, 0.2) is 53.3 Å². The largest absolute Gasteiger partial charge is 0.326 e. The molecule has 0 aliphatic rings. The Kier molecular flexibility index (Phi) is 7.45. The Bertz CT molecular complexity index is 1320. The molecule has 1 amide bonds. The number of benzene rings is 1. The van der Waals surface area contributed by atoms with Gasteiger partial charge in [0.05, 0.1) is 11.3 Å². The molecule has 34 heavy (non-hydrogen) atoms. The van der Waals surface area contributed by atoms with Gasteiger partial charge < -0.3 is 14.5 Å². The fourth-order valence-electron chi connectivity index (χ4n) is 3.59. The molecular weight excluding hydrogens is 471 g/mol. The minimum Gasteiger partial charge on any atom is -0.326 e. The number of hydrogen-bond acceptors (Lipinski definition) is 6. The van der Waals surface area contributed by atoms with Crippen LogP contribution in [0.5, 0.6) is 0 Å². The first-order valence-corrected chi connectivity index (χ1v) is 12.5. The topological polar surface area (TPSA) is 88.5 Å². The van der Waals surface area contributed by atoms with E-state index in [1.165, 1.54) is 28.8 Å². The molecule has 0 unspecified atom stereocenters. The number of nitrogens with one attached hydrogen (secondary N) is 1. The molecule has 174 valence electrons. The summed E-state index contributed by atoms with van der Waals surface area (Å²) in [5.74, 6) is 0.0250. The number of anilines is 1. The van der Waals surface area contributed by atoms with Gasteiger partial charge in [-0.2, -0.15) is 5.26 Å². The van der Waals surface area contributed by atoms with Crippen LogP contribution in [-0.4, -0.2) is 31.0 Å². The molecule has 1 aromatic carbocycles. The smallest absolute Gasteiger partial charge is 0.235 e. The number of thioether (sulfide) groups is 1. The Morgan fingerprint density at radius 2 is 2.06 bits per heavy atom. The molecule has 0 fully saturated rings. The van der Waals surface area contributed by atoms with Gasteiger partial charge in [-0.15, -0.1) is 21.5 Å². The van der Waals surface area contributed by atoms with Gasteiger partial charge in [0.15, 0.2) is 5.16 Å². The van der Waals surface area contributed by atoms with E-state index in [-0.39, 0.29) is 17.5 Å². The van der Waals surface area contributed by atoms with Crippen LogP contribution in [0.4, 0.5) is 10.2 Å². The third kappa shape index (κ3) is 5.38. The van der Waals surface area contributed by atoms with Crippen LogP contribution in [0.3, 0.4) is 0 Å². The van der Waals surface area contributed by atoms with Gasteiger partial charge in [-0.25, -0.2) is 4.39 Å². The molecule has 10 heteroatoms. The van der Waals surface area contributed by atoms with E-state index in [4.69, 9.17) is 0 Å². The zero-order valence-electron chi connectivity index (χ0n) is 18.8. The van der Waals surface area contributed by atoms with Crippen LogP contribution in [0.25, 0.3) is 0 Å². The number of carbonyl (C=O) groups is 1. The molecule has 0 aliphatic carbocycles. The highest BCUT2D eigenvalue weighted by atomic mass is 32.2. The third-order valence-electron chi connectivity index (χ3n) is 5.54. The molecule has 7 nitrogen and oxygen atoms in total. The van der Waals surface area contributed by atoms with Crippen LogP contribution in [-0.2, 0) is 24.3 Å². The first kappa shape index (κ1) is 23.7. The predicted molar refractivity (Wildman–Crippen MR) is 132 cm³/mol. The molecule has 4 aromatic rings. The average Bonchev–Trinajstić information content (AvgIpc) is 3.56. The minimum atomic E-state index is -0.310. The summed E-state index contributed by atoms with van der Waals surface area (Å²) in [4.78, 5) is 14.1. The Hall–Kier alpha value is -3.42. The van der Waals surface area contributed by atoms with Gasteiger partial charge in [0, 0.05) is 23.7 Å². The maximum atomic E-state index is 13.3. The van der Waals surface area contributed by atoms with Crippen LogP contribution >= 0.6 is 23.1 Å². The number of halogens is 1. The van der Waals surface area contributed by atoms with E-state index in [1.807, 2.05) is 34.4 Å². The van der Waals surface area contributed by atoms with Gasteiger partial charge in [0.2, 0.25) is 5.91 Å². The number of aryl methyl sites for hydroxylation is 2. The molecule has 0 saturated heterocycles. The Balaban J connectivity index is 1.45. The van der Waals surface area contributed by atoms with Crippen LogP contribution in [0, 0.1) is 31.0 Å². The Labute approximate surface area is 205 Å². The molecule has 0 spiro atoms. The zero-order valence-corrected chi connectivity index (χ0v) is 20.4. The fraction of sp³-hybridized carbons (Fsp3) is 0.250. The lowest BCUT2D eigenvalue weighted by atomic mass is 10.2. The van der Waals surface area contributed by atoms with Crippen molar-refractivity contribution >= 4 is 34.8 Å². The highest BCUT2D eigenvalue weighted by molar-refractivity contribution is 7.99. The molecule has 4 rings (SSSR count). The summed E-state index contributed by atoms with van der Waals surface area (Å²) in [5.41, 5.74) is 2.97. The number of rotatable bonds is 9. The maximum Gasteiger partial charge on any atom is 0.235 e. The zero-order chi connectivity index (χ0) is 24.1. The third-order valence-corrected chi connectivity index (χ3v) is 7.46. The molecule has 0 aliphatic heterocycles. The van der Waals surface area contributed by atoms with Crippen molar-refractivity contribution in [1.29, 1.82) is 5.26 Å². The Morgan fingerprint density at radius 1 is 1.26 bits per heavy atom. The van der Waals surface area contributed by atoms with Gasteiger partial charge in [-0.3, -0.25) is 4.79 Å². The number of nitriles is 1. The van der Waals surface area contributed by atoms with Crippen molar-refractivity contribution in [2.24, 2.45) is 0 Å². The van der Waals surface area contributed by atoms with E-state index in [0.717, 1.165) is 29.8 Å². The quantitative estimate of drug-likeness (QED) is 0.338. The molecule has 0 saturated carbocycles. The number of nitrogens with zero attached hydrogens (tertiary/aromatic N) is 5. The summed E-state index contributed by atoms with van der Waals surface area (Å²) in [6.07, 6.45) is 2.54. The van der Waals surface area contributed by atoms with E-state index in [2.05, 4.69) is 27.6 Å². The summed E-state index contributed by atoms with van der Waals surface area (Å²) in [6, 6.07) is 12.5. The summed E-state index contributed by atoms with van der Waals surface area (Å²) in [7, 11) is 0. The number of aromatic nitrogens is 4. The molecule has 1 N–H and O–H groups in total. The van der Waals surface area contributed by atoms with Crippen LogP contribution < -0.4 is 5.32 Å². The van der Waals surface area contributed by atoms with Gasteiger partial charge in [0.25, 0.3) is 0 Å². The second-order valence-corrected chi connectivity index (χ2v) is 9.71. The van der Waals surface area contributed by atoms with Crippen molar-refractivity contribution in [2.45, 2.75) is 38.5 Å². The van der Waals surface area contributed by atoms with Crippen LogP contribution in [0.2, 0.25) is 0 Å². The van der Waals surface area contributed by atoms with Crippen molar-refractivity contribution in [1.82, 2.24) is 19.3 Å². The maximum absolute atomic E-state index is 13.3. The normalized spacial score (nSPS) is 10.9. The van der Waals surface area contributed by atoms with Gasteiger partial charge in [-0.1, -0.05) is 30.0 Å². The lowest BCUT2D eigenvalue weighted by Crippen LogP contribution is -2.19. The van der Waals surface area contributed by atoms with Crippen molar-refractivity contribution < 1.29 is 9.18 Å². The number of thiophene rings is 1. The second-order valence-electron chi connectivity index (χ2n) is 7.73. The number of amides is 1. The number of hydrogen-bond donors (Lipinski definition) is 1. The standard InChI is InChI=1S/C24H23FN6OS2/c1-16-17(2)31(13-18-5-7-19(25)8-6-18)23(21(16)12-26)28-22(32)14-34-24-29-27-15-30(24)10-9-20-4-3-11-33-20/h3-8,11,15H,9-10,13-14H2,1-2H3,(H,28,32). The lowest BCUT2D eigenvalue weighted by Gasteiger charge is -2.13. The van der Waals surface area contributed by atoms with E-state index in [9.17, 15) is 14.4 Å². The summed E-state index contributed by atoms with van der Waals surface area (Å²) in [6.45, 7) is 4.90.